The van der Waals surface area contributed by atoms with Gasteiger partial charge in [0.25, 0.3) is 0 Å². The van der Waals surface area contributed by atoms with E-state index in [9.17, 15) is 9.59 Å². The molecule has 1 aliphatic rings. The van der Waals surface area contributed by atoms with Gasteiger partial charge < -0.3 is 4.74 Å². The van der Waals surface area contributed by atoms with Gasteiger partial charge in [0.1, 0.15) is 6.10 Å². The van der Waals surface area contributed by atoms with E-state index < -0.39 is 6.09 Å². The molecule has 4 nitrogen and oxygen atoms in total. The fourth-order valence-electron chi connectivity index (χ4n) is 0.859. The summed E-state index contributed by atoms with van der Waals surface area (Å²) >= 11 is 5.43. The molecule has 1 saturated heterocycles. The van der Waals surface area contributed by atoms with Gasteiger partial charge in [-0.15, -0.1) is 11.6 Å². The van der Waals surface area contributed by atoms with Crippen molar-refractivity contribution in [3.8, 4) is 0 Å². The normalized spacial score (nSPS) is 23.6. The molecule has 0 aromatic carbocycles. The number of carbonyl (C=O) groups is 2. The van der Waals surface area contributed by atoms with Crippen LogP contribution in [0.3, 0.4) is 0 Å². The van der Waals surface area contributed by atoms with Gasteiger partial charge in [0.05, 0.1) is 12.4 Å². The van der Waals surface area contributed by atoms with Crippen molar-refractivity contribution >= 4 is 23.6 Å². The second-order valence-electron chi connectivity index (χ2n) is 2.29. The third-order valence-electron chi connectivity index (χ3n) is 1.43. The summed E-state index contributed by atoms with van der Waals surface area (Å²) < 4.78 is 4.72. The van der Waals surface area contributed by atoms with Crippen molar-refractivity contribution in [2.24, 2.45) is 0 Å². The average Bonchev–Trinajstić information content (AvgIpc) is 2.30. The number of hydrogen-bond acceptors (Lipinski definition) is 3. The minimum absolute atomic E-state index is 0.232. The maximum absolute atomic E-state index is 10.8. The average molecular weight is 178 g/mol. The van der Waals surface area contributed by atoms with E-state index in [2.05, 4.69) is 0 Å². The first-order chi connectivity index (χ1) is 5.15. The molecule has 0 aliphatic carbocycles. The summed E-state index contributed by atoms with van der Waals surface area (Å²) in [6.45, 7) is 1.59. The fourth-order valence-corrected chi connectivity index (χ4v) is 1.02. The zero-order chi connectivity index (χ0) is 8.43. The number of imide groups is 1. The Labute approximate surface area is 69.1 Å². The van der Waals surface area contributed by atoms with Crippen LogP contribution in [0.4, 0.5) is 4.79 Å². The van der Waals surface area contributed by atoms with Crippen LogP contribution in [0.1, 0.15) is 6.92 Å². The lowest BCUT2D eigenvalue weighted by molar-refractivity contribution is -0.125. The van der Waals surface area contributed by atoms with Crippen LogP contribution in [0.25, 0.3) is 0 Å². The zero-order valence-corrected chi connectivity index (χ0v) is 6.80. The van der Waals surface area contributed by atoms with Crippen LogP contribution in [-0.2, 0) is 9.53 Å². The Kier molecular flexibility index (Phi) is 2.34. The highest BCUT2D eigenvalue weighted by atomic mass is 35.5. The molecule has 1 fully saturated rings. The van der Waals surface area contributed by atoms with Gasteiger partial charge >= 0.3 is 6.09 Å². The summed E-state index contributed by atoms with van der Waals surface area (Å²) in [5.74, 6) is -0.0715. The molecule has 0 bridgehead atoms. The number of amides is 2. The maximum atomic E-state index is 10.8. The molecule has 62 valence electrons. The van der Waals surface area contributed by atoms with E-state index >= 15 is 0 Å². The van der Waals surface area contributed by atoms with E-state index in [1.807, 2.05) is 0 Å². The molecule has 0 N–H and O–H groups in total. The number of carbonyl (C=O) groups excluding carboxylic acids is 2. The summed E-state index contributed by atoms with van der Waals surface area (Å²) in [5, 5.41) is 0. The standard InChI is InChI=1S/C6H8ClNO3/c1-4(9)8-3-5(2-7)11-6(8)10/h5H,2-3H2,1H3/t5-/m0/s1. The third-order valence-corrected chi connectivity index (χ3v) is 1.77. The van der Waals surface area contributed by atoms with Gasteiger partial charge in [-0.3, -0.25) is 4.79 Å². The number of rotatable bonds is 1. The molecular formula is C6H8ClNO3. The van der Waals surface area contributed by atoms with E-state index in [0.29, 0.717) is 0 Å². The van der Waals surface area contributed by atoms with Crippen molar-refractivity contribution in [2.75, 3.05) is 12.4 Å². The quantitative estimate of drug-likeness (QED) is 0.551. The highest BCUT2D eigenvalue weighted by Crippen LogP contribution is 2.11. The number of ether oxygens (including phenoxy) is 1. The van der Waals surface area contributed by atoms with Gasteiger partial charge in [0.2, 0.25) is 5.91 Å². The summed E-state index contributed by atoms with van der Waals surface area (Å²) in [4.78, 5) is 22.5. The Morgan fingerprint density at radius 3 is 2.82 bits per heavy atom. The number of nitrogens with zero attached hydrogens (tertiary/aromatic N) is 1. The van der Waals surface area contributed by atoms with Crippen LogP contribution in [0.15, 0.2) is 0 Å². The predicted octanol–water partition coefficient (Wildman–Crippen LogP) is 0.593. The lowest BCUT2D eigenvalue weighted by Gasteiger charge is -2.04. The lowest BCUT2D eigenvalue weighted by Crippen LogP contribution is -2.30. The van der Waals surface area contributed by atoms with Gasteiger partial charge in [-0.2, -0.15) is 0 Å². The topological polar surface area (TPSA) is 46.6 Å². The second kappa shape index (κ2) is 3.09. The Bertz CT molecular complexity index is 194. The van der Waals surface area contributed by atoms with E-state index in [1.54, 1.807) is 0 Å². The molecule has 2 amide bonds. The molecule has 0 saturated carbocycles. The first-order valence-electron chi connectivity index (χ1n) is 3.20. The third kappa shape index (κ3) is 1.63. The van der Waals surface area contributed by atoms with E-state index in [0.717, 1.165) is 4.90 Å². The smallest absolute Gasteiger partial charge is 0.417 e. The van der Waals surface area contributed by atoms with Crippen LogP contribution in [0.2, 0.25) is 0 Å². The molecule has 0 aromatic rings. The Morgan fingerprint density at radius 2 is 2.55 bits per heavy atom. The number of halogens is 1. The van der Waals surface area contributed by atoms with Gasteiger partial charge in [-0.1, -0.05) is 0 Å². The highest BCUT2D eigenvalue weighted by Gasteiger charge is 2.32. The number of alkyl halides is 1. The molecule has 1 rings (SSSR count). The predicted molar refractivity (Wildman–Crippen MR) is 38.4 cm³/mol. The molecule has 0 radical (unpaired) electrons. The van der Waals surface area contributed by atoms with Crippen LogP contribution >= 0.6 is 11.6 Å². The van der Waals surface area contributed by atoms with Gasteiger partial charge in [0, 0.05) is 6.92 Å². The first kappa shape index (κ1) is 8.33. The minimum Gasteiger partial charge on any atom is -0.443 e. The van der Waals surface area contributed by atoms with E-state index in [-0.39, 0.29) is 24.4 Å². The molecule has 1 atom stereocenters. The molecule has 0 aromatic heterocycles. The fraction of sp³-hybridized carbons (Fsp3) is 0.667. The molecule has 1 aliphatic heterocycles. The van der Waals surface area contributed by atoms with E-state index in [4.69, 9.17) is 16.3 Å². The van der Waals surface area contributed by atoms with Crippen molar-refractivity contribution in [3.63, 3.8) is 0 Å². The Morgan fingerprint density at radius 1 is 1.91 bits per heavy atom. The highest BCUT2D eigenvalue weighted by molar-refractivity contribution is 6.18. The monoisotopic (exact) mass is 177 g/mol. The van der Waals surface area contributed by atoms with Gasteiger partial charge in [-0.25, -0.2) is 9.69 Å². The van der Waals surface area contributed by atoms with Crippen molar-refractivity contribution in [2.45, 2.75) is 13.0 Å². The van der Waals surface area contributed by atoms with E-state index in [1.165, 1.54) is 6.92 Å². The van der Waals surface area contributed by atoms with Crippen LogP contribution in [0, 0.1) is 0 Å². The second-order valence-corrected chi connectivity index (χ2v) is 2.60. The molecule has 0 unspecified atom stereocenters. The molecule has 1 heterocycles. The Hall–Kier alpha value is -0.770. The van der Waals surface area contributed by atoms with Crippen LogP contribution < -0.4 is 0 Å². The molecular weight excluding hydrogens is 170 g/mol. The summed E-state index contributed by atoms with van der Waals surface area (Å²) in [5.41, 5.74) is 0. The van der Waals surface area contributed by atoms with Crippen molar-refractivity contribution in [1.82, 2.24) is 4.90 Å². The summed E-state index contributed by atoms with van der Waals surface area (Å²) in [6.07, 6.45) is -0.934. The number of cyclic esters (lactones) is 1. The largest absolute Gasteiger partial charge is 0.443 e. The number of hydrogen-bond donors (Lipinski definition) is 0. The maximum Gasteiger partial charge on any atom is 0.417 e. The first-order valence-corrected chi connectivity index (χ1v) is 3.73. The van der Waals surface area contributed by atoms with Crippen molar-refractivity contribution < 1.29 is 14.3 Å². The van der Waals surface area contributed by atoms with Gasteiger partial charge in [-0.05, 0) is 0 Å². The molecule has 11 heavy (non-hydrogen) atoms. The lowest BCUT2D eigenvalue weighted by atomic mass is 10.4. The SMILES string of the molecule is CC(=O)N1C[C@H](CCl)OC1=O. The van der Waals surface area contributed by atoms with Crippen LogP contribution in [0.5, 0.6) is 0 Å². The van der Waals surface area contributed by atoms with Crippen molar-refractivity contribution in [3.05, 3.63) is 0 Å². The van der Waals surface area contributed by atoms with Crippen molar-refractivity contribution in [1.29, 1.82) is 0 Å². The molecule has 5 heteroatoms. The van der Waals surface area contributed by atoms with Crippen LogP contribution in [-0.4, -0.2) is 35.4 Å². The zero-order valence-electron chi connectivity index (χ0n) is 6.04. The Balaban J connectivity index is 2.59. The summed E-state index contributed by atoms with van der Waals surface area (Å²) in [7, 11) is 0. The van der Waals surface area contributed by atoms with Gasteiger partial charge in [0.15, 0.2) is 0 Å². The summed E-state index contributed by atoms with van der Waals surface area (Å²) in [6, 6.07) is 0. The minimum atomic E-state index is -0.594. The molecule has 0 spiro atoms.